The van der Waals surface area contributed by atoms with Crippen LogP contribution in [0.2, 0.25) is 0 Å². The Morgan fingerprint density at radius 1 is 1.35 bits per heavy atom. The molecule has 0 heterocycles. The lowest BCUT2D eigenvalue weighted by molar-refractivity contribution is 0.157. The van der Waals surface area contributed by atoms with Crippen molar-refractivity contribution < 1.29 is 18.3 Å². The third-order valence-electron chi connectivity index (χ3n) is 4.12. The number of carboxylic acid groups (broad SMARTS) is 1. The standard InChI is InChI=1S/C14H30N4O4S/c1-9(16-13(19)20)11(8-15)12(10-6-5-7-10)17-23(21,22)18-14(2,3)4/h9-12,16-18H,5-8,15H2,1-4H3,(H,19,20)/t9-,11+,12-/m1/s1. The van der Waals surface area contributed by atoms with Crippen LogP contribution in [-0.2, 0) is 10.2 Å². The first kappa shape index (κ1) is 20.1. The molecule has 3 atom stereocenters. The van der Waals surface area contributed by atoms with Crippen LogP contribution >= 0.6 is 0 Å². The Morgan fingerprint density at radius 2 is 1.91 bits per heavy atom. The highest BCUT2D eigenvalue weighted by molar-refractivity contribution is 7.87. The van der Waals surface area contributed by atoms with Crippen molar-refractivity contribution in [1.29, 1.82) is 0 Å². The molecule has 1 aliphatic carbocycles. The Morgan fingerprint density at radius 3 is 2.26 bits per heavy atom. The number of rotatable bonds is 8. The number of nitrogens with two attached hydrogens (primary N) is 1. The second-order valence-electron chi connectivity index (χ2n) is 7.33. The first-order valence-electron chi connectivity index (χ1n) is 7.96. The van der Waals surface area contributed by atoms with E-state index in [9.17, 15) is 13.2 Å². The molecule has 0 aliphatic heterocycles. The second kappa shape index (κ2) is 7.78. The highest BCUT2D eigenvalue weighted by Crippen LogP contribution is 2.34. The smallest absolute Gasteiger partial charge is 0.404 e. The van der Waals surface area contributed by atoms with Crippen LogP contribution in [0.5, 0.6) is 0 Å². The van der Waals surface area contributed by atoms with Gasteiger partial charge in [0.2, 0.25) is 0 Å². The van der Waals surface area contributed by atoms with E-state index in [4.69, 9.17) is 10.8 Å². The second-order valence-corrected chi connectivity index (χ2v) is 8.77. The summed E-state index contributed by atoms with van der Waals surface area (Å²) in [6.07, 6.45) is 1.74. The van der Waals surface area contributed by atoms with Gasteiger partial charge < -0.3 is 16.2 Å². The van der Waals surface area contributed by atoms with Crippen LogP contribution in [0.25, 0.3) is 0 Å². The molecule has 0 unspecified atom stereocenters. The monoisotopic (exact) mass is 350 g/mol. The molecule has 0 bridgehead atoms. The maximum absolute atomic E-state index is 12.4. The number of hydrogen-bond donors (Lipinski definition) is 5. The fraction of sp³-hybridized carbons (Fsp3) is 0.929. The van der Waals surface area contributed by atoms with E-state index < -0.39 is 33.9 Å². The van der Waals surface area contributed by atoms with E-state index in [0.717, 1.165) is 19.3 Å². The van der Waals surface area contributed by atoms with E-state index in [1.54, 1.807) is 27.7 Å². The predicted octanol–water partition coefficient (Wildman–Crippen LogP) is 0.609. The molecule has 8 nitrogen and oxygen atoms in total. The molecule has 1 amide bonds. The Hall–Kier alpha value is -0.900. The quantitative estimate of drug-likeness (QED) is 0.437. The molecular weight excluding hydrogens is 320 g/mol. The topological polar surface area (TPSA) is 134 Å². The normalized spacial score (nSPS) is 20.4. The molecule has 0 aromatic carbocycles. The molecule has 0 saturated heterocycles. The van der Waals surface area contributed by atoms with E-state index in [1.807, 2.05) is 0 Å². The molecule has 23 heavy (non-hydrogen) atoms. The Balaban J connectivity index is 2.92. The summed E-state index contributed by atoms with van der Waals surface area (Å²) in [6.45, 7) is 7.20. The molecule has 1 saturated carbocycles. The molecule has 1 rings (SSSR count). The fourth-order valence-electron chi connectivity index (χ4n) is 2.91. The lowest BCUT2D eigenvalue weighted by Crippen LogP contribution is -2.59. The van der Waals surface area contributed by atoms with Crippen LogP contribution in [0.15, 0.2) is 0 Å². The molecule has 0 aromatic heterocycles. The SMILES string of the molecule is C[C@@H](NC(=O)O)[C@H](CN)[C@H](NS(=O)(=O)NC(C)(C)C)C1CCC1. The summed E-state index contributed by atoms with van der Waals surface area (Å²) < 4.78 is 30.0. The maximum atomic E-state index is 12.4. The minimum atomic E-state index is -3.71. The zero-order valence-electron chi connectivity index (χ0n) is 14.3. The van der Waals surface area contributed by atoms with Crippen molar-refractivity contribution in [3.05, 3.63) is 0 Å². The van der Waals surface area contributed by atoms with Crippen LogP contribution < -0.4 is 20.5 Å². The lowest BCUT2D eigenvalue weighted by Gasteiger charge is -2.41. The van der Waals surface area contributed by atoms with Gasteiger partial charge in [-0.25, -0.2) is 4.79 Å². The first-order valence-corrected chi connectivity index (χ1v) is 9.44. The first-order chi connectivity index (χ1) is 10.4. The number of carbonyl (C=O) groups is 1. The van der Waals surface area contributed by atoms with Gasteiger partial charge in [-0.1, -0.05) is 6.42 Å². The van der Waals surface area contributed by atoms with Crippen LogP contribution in [0.1, 0.15) is 47.0 Å². The number of nitrogens with one attached hydrogen (secondary N) is 3. The van der Waals surface area contributed by atoms with Crippen molar-refractivity contribution in [2.75, 3.05) is 6.54 Å². The third-order valence-corrected chi connectivity index (χ3v) is 5.58. The van der Waals surface area contributed by atoms with Crippen molar-refractivity contribution in [3.63, 3.8) is 0 Å². The summed E-state index contributed by atoms with van der Waals surface area (Å²) >= 11 is 0. The Labute approximate surface area is 138 Å². The van der Waals surface area contributed by atoms with Gasteiger partial charge in [0.1, 0.15) is 0 Å². The zero-order chi connectivity index (χ0) is 17.8. The maximum Gasteiger partial charge on any atom is 0.404 e. The van der Waals surface area contributed by atoms with Gasteiger partial charge in [0.05, 0.1) is 0 Å². The number of hydrogen-bond acceptors (Lipinski definition) is 4. The summed E-state index contributed by atoms with van der Waals surface area (Å²) in [6, 6.07) is -0.837. The number of amides is 1. The molecule has 136 valence electrons. The van der Waals surface area contributed by atoms with Crippen LogP contribution in [-0.4, -0.2) is 43.8 Å². The van der Waals surface area contributed by atoms with Crippen molar-refractivity contribution in [2.24, 2.45) is 17.6 Å². The highest BCUT2D eigenvalue weighted by atomic mass is 32.2. The van der Waals surface area contributed by atoms with E-state index in [1.165, 1.54) is 0 Å². The van der Waals surface area contributed by atoms with E-state index in [0.29, 0.717) is 0 Å². The van der Waals surface area contributed by atoms with E-state index in [2.05, 4.69) is 14.8 Å². The molecule has 0 radical (unpaired) electrons. The molecule has 9 heteroatoms. The Bertz CT molecular complexity index is 499. The molecule has 1 fully saturated rings. The summed E-state index contributed by atoms with van der Waals surface area (Å²) in [5.41, 5.74) is 5.23. The summed E-state index contributed by atoms with van der Waals surface area (Å²) in [7, 11) is -3.71. The third kappa shape index (κ3) is 6.62. The molecule has 6 N–H and O–H groups in total. The minimum Gasteiger partial charge on any atom is -0.465 e. The van der Waals surface area contributed by atoms with Gasteiger partial charge in [0, 0.05) is 23.5 Å². The van der Waals surface area contributed by atoms with E-state index in [-0.39, 0.29) is 18.4 Å². The van der Waals surface area contributed by atoms with Crippen LogP contribution in [0, 0.1) is 11.8 Å². The Kier molecular flexibility index (Phi) is 6.81. The largest absolute Gasteiger partial charge is 0.465 e. The fourth-order valence-corrected chi connectivity index (χ4v) is 4.50. The molecular formula is C14H30N4O4S. The lowest BCUT2D eigenvalue weighted by atomic mass is 9.73. The van der Waals surface area contributed by atoms with Gasteiger partial charge >= 0.3 is 6.09 Å². The highest BCUT2D eigenvalue weighted by Gasteiger charge is 2.38. The summed E-state index contributed by atoms with van der Waals surface area (Å²) in [5.74, 6) is -0.133. The molecule has 1 aliphatic rings. The average Bonchev–Trinajstić information content (AvgIpc) is 2.21. The van der Waals surface area contributed by atoms with Crippen molar-refractivity contribution in [1.82, 2.24) is 14.8 Å². The molecule has 0 spiro atoms. The minimum absolute atomic E-state index is 0.179. The molecule has 0 aromatic rings. The van der Waals surface area contributed by atoms with Crippen molar-refractivity contribution >= 4 is 16.3 Å². The van der Waals surface area contributed by atoms with Crippen LogP contribution in [0.3, 0.4) is 0 Å². The van der Waals surface area contributed by atoms with Crippen molar-refractivity contribution in [2.45, 2.75) is 64.6 Å². The van der Waals surface area contributed by atoms with Gasteiger partial charge in [-0.3, -0.25) is 0 Å². The zero-order valence-corrected chi connectivity index (χ0v) is 15.1. The average molecular weight is 350 g/mol. The summed E-state index contributed by atoms with van der Waals surface area (Å²) in [5, 5.41) is 11.3. The van der Waals surface area contributed by atoms with Gasteiger partial charge in [0.15, 0.2) is 0 Å². The predicted molar refractivity (Wildman–Crippen MR) is 89.2 cm³/mol. The van der Waals surface area contributed by atoms with Crippen LogP contribution in [0.4, 0.5) is 4.79 Å². The van der Waals surface area contributed by atoms with Gasteiger partial charge in [-0.2, -0.15) is 17.9 Å². The van der Waals surface area contributed by atoms with Gasteiger partial charge in [-0.05, 0) is 53.0 Å². The van der Waals surface area contributed by atoms with Gasteiger partial charge in [0.25, 0.3) is 10.2 Å². The van der Waals surface area contributed by atoms with Gasteiger partial charge in [-0.15, -0.1) is 0 Å². The summed E-state index contributed by atoms with van der Waals surface area (Å²) in [4.78, 5) is 10.9. The van der Waals surface area contributed by atoms with E-state index >= 15 is 0 Å². The van der Waals surface area contributed by atoms with Crippen molar-refractivity contribution in [3.8, 4) is 0 Å².